The minimum atomic E-state index is -0.727. The van der Waals surface area contributed by atoms with Gasteiger partial charge in [0.2, 0.25) is 0 Å². The maximum absolute atomic E-state index is 12.9. The molecule has 8 heteroatoms. The first-order valence-electron chi connectivity index (χ1n) is 10.7. The molecular formula is C26H26ClNO5S. The lowest BCUT2D eigenvalue weighted by molar-refractivity contribution is -0.152. The van der Waals surface area contributed by atoms with E-state index in [9.17, 15) is 14.7 Å². The summed E-state index contributed by atoms with van der Waals surface area (Å²) >= 11 is 7.70. The molecule has 1 heterocycles. The lowest BCUT2D eigenvalue weighted by atomic mass is 10.0. The number of ketones is 1. The SMILES string of the molecule is COc1ccnc(C(=O)C[C@@H](C)C(=O)O[C@@H](C)[C@H](Sc2cccc(Cl)c2)c2ccccc2)c1O. The summed E-state index contributed by atoms with van der Waals surface area (Å²) in [5.74, 6) is -1.90. The topological polar surface area (TPSA) is 85.7 Å². The molecule has 0 aliphatic carbocycles. The van der Waals surface area contributed by atoms with Gasteiger partial charge in [0.15, 0.2) is 23.0 Å². The quantitative estimate of drug-likeness (QED) is 0.204. The molecule has 1 aromatic heterocycles. The molecule has 0 fully saturated rings. The molecule has 2 aromatic carbocycles. The van der Waals surface area contributed by atoms with Gasteiger partial charge in [-0.2, -0.15) is 0 Å². The first kappa shape index (κ1) is 25.6. The van der Waals surface area contributed by atoms with Gasteiger partial charge in [-0.05, 0) is 30.7 Å². The number of carbonyl (C=O) groups excluding carboxylic acids is 2. The van der Waals surface area contributed by atoms with Gasteiger partial charge < -0.3 is 14.6 Å². The standard InChI is InChI=1S/C26H26ClNO5S/c1-16(14-21(29)23-24(30)22(32-3)12-13-28-23)26(31)33-17(2)25(18-8-5-4-6-9-18)34-20-11-7-10-19(27)15-20/h4-13,15-17,25,30H,14H2,1-3H3/t16-,17+,25+/m1/s1. The average molecular weight is 500 g/mol. The van der Waals surface area contributed by atoms with Gasteiger partial charge in [0, 0.05) is 28.6 Å². The Morgan fingerprint density at radius 1 is 1.09 bits per heavy atom. The van der Waals surface area contributed by atoms with E-state index in [1.54, 1.807) is 24.8 Å². The Labute approximate surface area is 208 Å². The lowest BCUT2D eigenvalue weighted by Gasteiger charge is -2.25. The predicted octanol–water partition coefficient (Wildman–Crippen LogP) is 6.12. The van der Waals surface area contributed by atoms with Crippen molar-refractivity contribution in [3.8, 4) is 11.5 Å². The second-order valence-corrected chi connectivity index (χ2v) is 9.44. The van der Waals surface area contributed by atoms with E-state index >= 15 is 0 Å². The smallest absolute Gasteiger partial charge is 0.309 e. The van der Waals surface area contributed by atoms with E-state index in [4.69, 9.17) is 21.1 Å². The summed E-state index contributed by atoms with van der Waals surface area (Å²) in [7, 11) is 1.38. The Balaban J connectivity index is 1.71. The van der Waals surface area contributed by atoms with E-state index in [2.05, 4.69) is 4.98 Å². The first-order valence-corrected chi connectivity index (χ1v) is 12.0. The van der Waals surface area contributed by atoms with Gasteiger partial charge in [0.05, 0.1) is 18.3 Å². The van der Waals surface area contributed by atoms with Gasteiger partial charge in [0.25, 0.3) is 0 Å². The van der Waals surface area contributed by atoms with Crippen LogP contribution in [0.15, 0.2) is 71.8 Å². The third-order valence-electron chi connectivity index (χ3n) is 5.18. The van der Waals surface area contributed by atoms with Crippen molar-refractivity contribution in [1.29, 1.82) is 0 Å². The number of aromatic hydroxyl groups is 1. The van der Waals surface area contributed by atoms with E-state index in [0.717, 1.165) is 10.5 Å². The van der Waals surface area contributed by atoms with E-state index in [0.29, 0.717) is 5.02 Å². The maximum Gasteiger partial charge on any atom is 0.309 e. The summed E-state index contributed by atoms with van der Waals surface area (Å²) in [5, 5.41) is 10.6. The molecule has 6 nitrogen and oxygen atoms in total. The third-order valence-corrected chi connectivity index (χ3v) is 6.85. The molecule has 0 unspecified atom stereocenters. The molecule has 3 rings (SSSR count). The highest BCUT2D eigenvalue weighted by Gasteiger charge is 2.28. The number of rotatable bonds is 10. The van der Waals surface area contributed by atoms with Crippen molar-refractivity contribution in [1.82, 2.24) is 4.98 Å². The summed E-state index contributed by atoms with van der Waals surface area (Å²) in [6, 6.07) is 18.7. The van der Waals surface area contributed by atoms with E-state index in [1.807, 2.05) is 55.5 Å². The largest absolute Gasteiger partial charge is 0.503 e. The van der Waals surface area contributed by atoms with Crippen LogP contribution in [0.3, 0.4) is 0 Å². The monoisotopic (exact) mass is 499 g/mol. The summed E-state index contributed by atoms with van der Waals surface area (Å²) in [6.45, 7) is 3.45. The van der Waals surface area contributed by atoms with Crippen LogP contribution < -0.4 is 4.74 Å². The number of halogens is 1. The Kier molecular flexibility index (Phi) is 8.96. The van der Waals surface area contributed by atoms with Gasteiger partial charge in [0.1, 0.15) is 6.10 Å². The van der Waals surface area contributed by atoms with Crippen LogP contribution in [0.25, 0.3) is 0 Å². The first-order chi connectivity index (χ1) is 16.3. The molecule has 34 heavy (non-hydrogen) atoms. The second kappa shape index (κ2) is 11.9. The van der Waals surface area contributed by atoms with Crippen LogP contribution in [-0.4, -0.2) is 35.1 Å². The van der Waals surface area contributed by atoms with Crippen molar-refractivity contribution >= 4 is 35.1 Å². The number of carbonyl (C=O) groups is 2. The van der Waals surface area contributed by atoms with Crippen molar-refractivity contribution in [3.63, 3.8) is 0 Å². The van der Waals surface area contributed by atoms with Crippen LogP contribution in [0.4, 0.5) is 0 Å². The molecule has 0 radical (unpaired) electrons. The van der Waals surface area contributed by atoms with Crippen LogP contribution >= 0.6 is 23.4 Å². The molecule has 0 amide bonds. The summed E-state index contributed by atoms with van der Waals surface area (Å²) in [4.78, 5) is 30.4. The number of ether oxygens (including phenoxy) is 2. The molecular weight excluding hydrogens is 474 g/mol. The van der Waals surface area contributed by atoms with E-state index in [1.165, 1.54) is 19.4 Å². The number of hydrogen-bond acceptors (Lipinski definition) is 7. The highest BCUT2D eigenvalue weighted by Crippen LogP contribution is 2.40. The van der Waals surface area contributed by atoms with Gasteiger partial charge in [-0.1, -0.05) is 54.9 Å². The molecule has 0 aliphatic rings. The van der Waals surface area contributed by atoms with Crippen LogP contribution in [0, 0.1) is 5.92 Å². The Bertz CT molecular complexity index is 1140. The fraction of sp³-hybridized carbons (Fsp3) is 0.269. The molecule has 0 bridgehead atoms. The van der Waals surface area contributed by atoms with E-state index < -0.39 is 23.8 Å². The normalized spacial score (nSPS) is 13.5. The molecule has 0 saturated carbocycles. The number of nitrogens with zero attached hydrogens (tertiary/aromatic N) is 1. The second-order valence-electron chi connectivity index (χ2n) is 7.79. The van der Waals surface area contributed by atoms with Crippen molar-refractivity contribution in [2.24, 2.45) is 5.92 Å². The number of thioether (sulfide) groups is 1. The third kappa shape index (κ3) is 6.52. The van der Waals surface area contributed by atoms with Crippen LogP contribution in [-0.2, 0) is 9.53 Å². The zero-order valence-electron chi connectivity index (χ0n) is 19.1. The van der Waals surface area contributed by atoms with Crippen LogP contribution in [0.1, 0.15) is 41.6 Å². The van der Waals surface area contributed by atoms with Gasteiger partial charge >= 0.3 is 5.97 Å². The highest BCUT2D eigenvalue weighted by atomic mass is 35.5. The van der Waals surface area contributed by atoms with Crippen molar-refractivity contribution < 1.29 is 24.2 Å². The number of hydrogen-bond donors (Lipinski definition) is 1. The van der Waals surface area contributed by atoms with Gasteiger partial charge in [-0.15, -0.1) is 11.8 Å². The minimum Gasteiger partial charge on any atom is -0.503 e. The Morgan fingerprint density at radius 2 is 1.82 bits per heavy atom. The highest BCUT2D eigenvalue weighted by molar-refractivity contribution is 7.99. The molecule has 3 atom stereocenters. The van der Waals surface area contributed by atoms with Crippen molar-refractivity contribution in [3.05, 3.63) is 83.1 Å². The zero-order valence-corrected chi connectivity index (χ0v) is 20.7. The summed E-state index contributed by atoms with van der Waals surface area (Å²) < 4.78 is 10.8. The predicted molar refractivity (Wildman–Crippen MR) is 133 cm³/mol. The van der Waals surface area contributed by atoms with Gasteiger partial charge in [-0.3, -0.25) is 9.59 Å². The Hall–Kier alpha value is -3.03. The summed E-state index contributed by atoms with van der Waals surface area (Å²) in [6.07, 6.45) is 0.727. The molecule has 0 saturated heterocycles. The minimum absolute atomic E-state index is 0.134. The lowest BCUT2D eigenvalue weighted by Crippen LogP contribution is -2.26. The number of methoxy groups -OCH3 is 1. The number of benzene rings is 2. The number of aromatic nitrogens is 1. The Morgan fingerprint density at radius 3 is 2.50 bits per heavy atom. The maximum atomic E-state index is 12.9. The molecule has 0 aliphatic heterocycles. The molecule has 3 aromatic rings. The average Bonchev–Trinajstić information content (AvgIpc) is 2.83. The molecule has 178 valence electrons. The molecule has 1 N–H and O–H groups in total. The van der Waals surface area contributed by atoms with Crippen LogP contribution in [0.2, 0.25) is 5.02 Å². The van der Waals surface area contributed by atoms with Crippen LogP contribution in [0.5, 0.6) is 11.5 Å². The fourth-order valence-corrected chi connectivity index (χ4v) is 4.83. The fourth-order valence-electron chi connectivity index (χ4n) is 3.39. The zero-order chi connectivity index (χ0) is 24.7. The van der Waals surface area contributed by atoms with Gasteiger partial charge in [-0.25, -0.2) is 4.98 Å². The van der Waals surface area contributed by atoms with Crippen molar-refractivity contribution in [2.75, 3.05) is 7.11 Å². The van der Waals surface area contributed by atoms with E-state index in [-0.39, 0.29) is 28.9 Å². The summed E-state index contributed by atoms with van der Waals surface area (Å²) in [5.41, 5.74) is 0.868. The number of esters is 1. The number of pyridine rings is 1. The number of Topliss-reactive ketones (excluding diaryl/α,β-unsaturated/α-hetero) is 1. The van der Waals surface area contributed by atoms with Crippen molar-refractivity contribution in [2.45, 2.75) is 36.5 Å². The molecule has 0 spiro atoms.